The molecule has 4 nitrogen and oxygen atoms in total. The van der Waals surface area contributed by atoms with Crippen molar-refractivity contribution in [2.45, 2.75) is 30.7 Å². The summed E-state index contributed by atoms with van der Waals surface area (Å²) in [5, 5.41) is 0. The summed E-state index contributed by atoms with van der Waals surface area (Å²) in [5.41, 5.74) is 2.31. The summed E-state index contributed by atoms with van der Waals surface area (Å²) in [6.45, 7) is 2.60. The third kappa shape index (κ3) is 3.76. The Labute approximate surface area is 145 Å². The van der Waals surface area contributed by atoms with Crippen LogP contribution in [0.1, 0.15) is 18.1 Å². The molecule has 1 aliphatic rings. The Bertz CT molecular complexity index is 820. The molecule has 23 heavy (non-hydrogen) atoms. The van der Waals surface area contributed by atoms with Crippen LogP contribution in [-0.4, -0.2) is 21.1 Å². The van der Waals surface area contributed by atoms with Crippen molar-refractivity contribution < 1.29 is 13.2 Å². The van der Waals surface area contributed by atoms with Crippen LogP contribution in [0.4, 0.5) is 0 Å². The summed E-state index contributed by atoms with van der Waals surface area (Å²) in [6, 6.07) is 12.7. The zero-order valence-electron chi connectivity index (χ0n) is 12.8. The molecule has 1 N–H and O–H groups in total. The Kier molecular flexibility index (Phi) is 4.75. The predicted octanol–water partition coefficient (Wildman–Crippen LogP) is 3.29. The second kappa shape index (κ2) is 6.63. The molecule has 0 saturated carbocycles. The summed E-state index contributed by atoms with van der Waals surface area (Å²) < 4.78 is 33.8. The van der Waals surface area contributed by atoms with Crippen LogP contribution < -0.4 is 9.46 Å². The van der Waals surface area contributed by atoms with Gasteiger partial charge in [0.1, 0.15) is 5.75 Å². The van der Waals surface area contributed by atoms with E-state index in [9.17, 15) is 8.42 Å². The fraction of sp³-hybridized carbons (Fsp3) is 0.294. The topological polar surface area (TPSA) is 55.4 Å². The van der Waals surface area contributed by atoms with Crippen molar-refractivity contribution in [1.29, 1.82) is 0 Å². The highest BCUT2D eigenvalue weighted by molar-refractivity contribution is 9.10. The summed E-state index contributed by atoms with van der Waals surface area (Å²) in [4.78, 5) is 0.259. The van der Waals surface area contributed by atoms with E-state index in [-0.39, 0.29) is 10.9 Å². The van der Waals surface area contributed by atoms with Gasteiger partial charge in [-0.3, -0.25) is 0 Å². The van der Waals surface area contributed by atoms with Crippen molar-refractivity contribution in [3.05, 3.63) is 58.1 Å². The highest BCUT2D eigenvalue weighted by Gasteiger charge is 2.20. The second-order valence-electron chi connectivity index (χ2n) is 5.70. The minimum absolute atomic E-state index is 0.201. The lowest BCUT2D eigenvalue weighted by atomic mass is 10.0. The fourth-order valence-electron chi connectivity index (χ4n) is 2.75. The number of hydrogen-bond acceptors (Lipinski definition) is 3. The summed E-state index contributed by atoms with van der Waals surface area (Å²) in [6.07, 6.45) is 1.55. The van der Waals surface area contributed by atoms with Gasteiger partial charge >= 0.3 is 0 Å². The van der Waals surface area contributed by atoms with Gasteiger partial charge in [-0.2, -0.15) is 0 Å². The van der Waals surface area contributed by atoms with Gasteiger partial charge in [-0.25, -0.2) is 13.1 Å². The van der Waals surface area contributed by atoms with E-state index in [4.69, 9.17) is 4.74 Å². The van der Waals surface area contributed by atoms with Gasteiger partial charge in [0.15, 0.2) is 0 Å². The van der Waals surface area contributed by atoms with Gasteiger partial charge in [0.2, 0.25) is 10.0 Å². The largest absolute Gasteiger partial charge is 0.493 e. The zero-order chi connectivity index (χ0) is 16.4. The van der Waals surface area contributed by atoms with Gasteiger partial charge in [-0.05, 0) is 58.6 Å². The van der Waals surface area contributed by atoms with E-state index >= 15 is 0 Å². The third-order valence-corrected chi connectivity index (χ3v) is 6.38. The standard InChI is InChI=1S/C17H18BrNO3S/c1-12(10-13-6-7-16-14(11-13)8-9-22-16)19-23(20,21)17-5-3-2-4-15(17)18/h2-7,11-12,19H,8-10H2,1H3. The molecule has 0 bridgehead atoms. The Morgan fingerprint density at radius 1 is 1.26 bits per heavy atom. The molecule has 0 aromatic heterocycles. The molecule has 0 fully saturated rings. The number of sulfonamides is 1. The van der Waals surface area contributed by atoms with Crippen molar-refractivity contribution in [2.24, 2.45) is 0 Å². The second-order valence-corrected chi connectivity index (χ2v) is 8.23. The van der Waals surface area contributed by atoms with Gasteiger partial charge in [-0.15, -0.1) is 0 Å². The number of benzene rings is 2. The lowest BCUT2D eigenvalue weighted by molar-refractivity contribution is 0.357. The molecule has 122 valence electrons. The first-order valence-electron chi connectivity index (χ1n) is 7.47. The van der Waals surface area contributed by atoms with Crippen molar-refractivity contribution >= 4 is 26.0 Å². The molecule has 1 heterocycles. The smallest absolute Gasteiger partial charge is 0.241 e. The predicted molar refractivity (Wildman–Crippen MR) is 93.3 cm³/mol. The molecule has 2 aromatic rings. The van der Waals surface area contributed by atoms with Crippen LogP contribution in [0.3, 0.4) is 0 Å². The molecule has 6 heteroatoms. The average molecular weight is 396 g/mol. The Morgan fingerprint density at radius 3 is 2.83 bits per heavy atom. The maximum absolute atomic E-state index is 12.5. The third-order valence-electron chi connectivity index (χ3n) is 3.78. The molecule has 2 aromatic carbocycles. The van der Waals surface area contributed by atoms with Crippen molar-refractivity contribution in [1.82, 2.24) is 4.72 Å². The lowest BCUT2D eigenvalue weighted by Crippen LogP contribution is -2.34. The van der Waals surface area contributed by atoms with Crippen molar-refractivity contribution in [2.75, 3.05) is 6.61 Å². The minimum Gasteiger partial charge on any atom is -0.493 e. The first-order valence-corrected chi connectivity index (χ1v) is 9.75. The minimum atomic E-state index is -3.54. The van der Waals surface area contributed by atoms with Gasteiger partial charge in [-0.1, -0.05) is 24.3 Å². The van der Waals surface area contributed by atoms with Crippen LogP contribution >= 0.6 is 15.9 Å². The number of ether oxygens (including phenoxy) is 1. The fourth-order valence-corrected chi connectivity index (χ4v) is 5.00. The quantitative estimate of drug-likeness (QED) is 0.844. The van der Waals surface area contributed by atoms with E-state index in [2.05, 4.69) is 26.7 Å². The Morgan fingerprint density at radius 2 is 2.04 bits per heavy atom. The monoisotopic (exact) mass is 395 g/mol. The molecule has 1 aliphatic heterocycles. The number of halogens is 1. The normalized spacial score (nSPS) is 15.0. The SMILES string of the molecule is CC(Cc1ccc2c(c1)CCO2)NS(=O)(=O)c1ccccc1Br. The summed E-state index contributed by atoms with van der Waals surface area (Å²) in [5.74, 6) is 0.940. The molecule has 0 amide bonds. The molecule has 3 rings (SSSR count). The van der Waals surface area contributed by atoms with Crippen LogP contribution in [0.5, 0.6) is 5.75 Å². The van der Waals surface area contributed by atoms with Crippen molar-refractivity contribution in [3.63, 3.8) is 0 Å². The maximum Gasteiger partial charge on any atom is 0.241 e. The molecule has 0 aliphatic carbocycles. The molecule has 1 atom stereocenters. The first kappa shape index (κ1) is 16.5. The summed E-state index contributed by atoms with van der Waals surface area (Å²) in [7, 11) is -3.54. The van der Waals surface area contributed by atoms with Crippen molar-refractivity contribution in [3.8, 4) is 5.75 Å². The highest BCUT2D eigenvalue weighted by atomic mass is 79.9. The van der Waals surface area contributed by atoms with Crippen LogP contribution in [0.25, 0.3) is 0 Å². The molecule has 0 saturated heterocycles. The highest BCUT2D eigenvalue weighted by Crippen LogP contribution is 2.26. The van der Waals surface area contributed by atoms with Gasteiger partial charge in [0, 0.05) is 16.9 Å². The van der Waals surface area contributed by atoms with E-state index in [0.29, 0.717) is 10.9 Å². The van der Waals surface area contributed by atoms with E-state index in [1.54, 1.807) is 24.3 Å². The Hall–Kier alpha value is -1.37. The van der Waals surface area contributed by atoms with Gasteiger partial charge < -0.3 is 4.74 Å². The van der Waals surface area contributed by atoms with E-state index in [1.165, 1.54) is 5.56 Å². The number of fused-ring (bicyclic) bond motifs is 1. The zero-order valence-corrected chi connectivity index (χ0v) is 15.2. The molecular weight excluding hydrogens is 378 g/mol. The van der Waals surface area contributed by atoms with Gasteiger partial charge in [0.05, 0.1) is 11.5 Å². The van der Waals surface area contributed by atoms with Crippen LogP contribution in [0.15, 0.2) is 51.8 Å². The van der Waals surface area contributed by atoms with Crippen LogP contribution in [0.2, 0.25) is 0 Å². The number of hydrogen-bond donors (Lipinski definition) is 1. The molecular formula is C17H18BrNO3S. The average Bonchev–Trinajstić information content (AvgIpc) is 2.94. The number of nitrogens with one attached hydrogen (secondary N) is 1. The van der Waals surface area contributed by atoms with E-state index in [0.717, 1.165) is 24.3 Å². The first-order chi connectivity index (χ1) is 11.0. The van der Waals surface area contributed by atoms with E-state index < -0.39 is 10.0 Å². The maximum atomic E-state index is 12.5. The molecule has 0 radical (unpaired) electrons. The van der Waals surface area contributed by atoms with Gasteiger partial charge in [0.25, 0.3) is 0 Å². The van der Waals surface area contributed by atoms with Crippen LogP contribution in [-0.2, 0) is 22.9 Å². The molecule has 1 unspecified atom stereocenters. The lowest BCUT2D eigenvalue weighted by Gasteiger charge is -2.15. The molecule has 0 spiro atoms. The summed E-state index contributed by atoms with van der Waals surface area (Å²) >= 11 is 3.29. The Balaban J connectivity index is 1.72. The number of rotatable bonds is 5. The van der Waals surface area contributed by atoms with Crippen LogP contribution in [0, 0.1) is 0 Å². The van der Waals surface area contributed by atoms with E-state index in [1.807, 2.05) is 19.1 Å².